The summed E-state index contributed by atoms with van der Waals surface area (Å²) in [5, 5.41) is 11.0. The summed E-state index contributed by atoms with van der Waals surface area (Å²) < 4.78 is 4.61. The van der Waals surface area contributed by atoms with Gasteiger partial charge < -0.3 is 4.74 Å². The molecule has 0 radical (unpaired) electrons. The van der Waals surface area contributed by atoms with Crippen molar-refractivity contribution in [2.75, 3.05) is 7.11 Å². The van der Waals surface area contributed by atoms with Crippen LogP contribution in [0.25, 0.3) is 11.1 Å². The standard InChI is InChI=1S/C13H10N2O4/c1-19-13(16)10-2-3-12(15(17)18)11(8-10)9-4-6-14-7-5-9/h2-8H,1H3. The molecule has 2 aromatic rings. The summed E-state index contributed by atoms with van der Waals surface area (Å²) >= 11 is 0. The Morgan fingerprint density at radius 1 is 1.26 bits per heavy atom. The highest BCUT2D eigenvalue weighted by molar-refractivity contribution is 5.92. The number of nitro groups is 1. The van der Waals surface area contributed by atoms with Crippen molar-refractivity contribution in [3.05, 3.63) is 58.4 Å². The van der Waals surface area contributed by atoms with E-state index in [1.54, 1.807) is 12.1 Å². The zero-order valence-electron chi connectivity index (χ0n) is 10.1. The van der Waals surface area contributed by atoms with Gasteiger partial charge in [0.15, 0.2) is 0 Å². The molecule has 0 unspecified atom stereocenters. The Hall–Kier alpha value is -2.76. The van der Waals surface area contributed by atoms with Gasteiger partial charge in [-0.15, -0.1) is 0 Å². The van der Waals surface area contributed by atoms with E-state index in [1.807, 2.05) is 0 Å². The average molecular weight is 258 g/mol. The fourth-order valence-electron chi connectivity index (χ4n) is 1.70. The van der Waals surface area contributed by atoms with Crippen LogP contribution in [0.5, 0.6) is 0 Å². The van der Waals surface area contributed by atoms with E-state index in [-0.39, 0.29) is 11.3 Å². The molecule has 0 N–H and O–H groups in total. The monoisotopic (exact) mass is 258 g/mol. The van der Waals surface area contributed by atoms with Gasteiger partial charge in [-0.3, -0.25) is 15.1 Å². The van der Waals surface area contributed by atoms with Gasteiger partial charge in [0.1, 0.15) is 0 Å². The molecule has 19 heavy (non-hydrogen) atoms. The molecule has 6 nitrogen and oxygen atoms in total. The molecule has 0 fully saturated rings. The fourth-order valence-corrected chi connectivity index (χ4v) is 1.70. The van der Waals surface area contributed by atoms with Gasteiger partial charge in [-0.05, 0) is 29.8 Å². The van der Waals surface area contributed by atoms with E-state index in [9.17, 15) is 14.9 Å². The molecule has 0 aliphatic heterocycles. The average Bonchev–Trinajstić information content (AvgIpc) is 2.46. The third-order valence-corrected chi connectivity index (χ3v) is 2.61. The van der Waals surface area contributed by atoms with E-state index in [0.29, 0.717) is 11.1 Å². The van der Waals surface area contributed by atoms with Crippen LogP contribution in [0.15, 0.2) is 42.7 Å². The molecule has 0 aliphatic rings. The Balaban J connectivity index is 2.61. The maximum absolute atomic E-state index is 11.5. The highest BCUT2D eigenvalue weighted by Gasteiger charge is 2.18. The second-order valence-electron chi connectivity index (χ2n) is 3.72. The zero-order chi connectivity index (χ0) is 13.8. The number of pyridine rings is 1. The Labute approximate surface area is 108 Å². The molecule has 0 saturated heterocycles. The molecule has 96 valence electrons. The predicted molar refractivity (Wildman–Crippen MR) is 67.7 cm³/mol. The number of rotatable bonds is 3. The minimum atomic E-state index is -0.537. The quantitative estimate of drug-likeness (QED) is 0.479. The second-order valence-corrected chi connectivity index (χ2v) is 3.72. The number of ether oxygens (including phenoxy) is 1. The predicted octanol–water partition coefficient (Wildman–Crippen LogP) is 2.44. The van der Waals surface area contributed by atoms with Gasteiger partial charge in [0.2, 0.25) is 0 Å². The molecule has 0 bridgehead atoms. The Morgan fingerprint density at radius 3 is 2.53 bits per heavy atom. The first kappa shape index (κ1) is 12.7. The lowest BCUT2D eigenvalue weighted by Gasteiger charge is -2.05. The number of nitro benzene ring substituents is 1. The van der Waals surface area contributed by atoms with Crippen molar-refractivity contribution >= 4 is 11.7 Å². The van der Waals surface area contributed by atoms with Crippen LogP contribution < -0.4 is 0 Å². The van der Waals surface area contributed by atoms with E-state index in [2.05, 4.69) is 9.72 Å². The van der Waals surface area contributed by atoms with E-state index >= 15 is 0 Å². The van der Waals surface area contributed by atoms with Crippen molar-refractivity contribution in [1.82, 2.24) is 4.98 Å². The maximum atomic E-state index is 11.5. The third kappa shape index (κ3) is 2.57. The first-order chi connectivity index (χ1) is 9.13. The molecule has 0 saturated carbocycles. The van der Waals surface area contributed by atoms with Crippen molar-refractivity contribution in [3.63, 3.8) is 0 Å². The van der Waals surface area contributed by atoms with Crippen LogP contribution in [-0.4, -0.2) is 23.0 Å². The minimum absolute atomic E-state index is 0.0705. The summed E-state index contributed by atoms with van der Waals surface area (Å²) in [7, 11) is 1.26. The molecule has 6 heteroatoms. The molecular formula is C13H10N2O4. The summed E-state index contributed by atoms with van der Waals surface area (Å²) in [5.74, 6) is -0.537. The smallest absolute Gasteiger partial charge is 0.337 e. The number of benzene rings is 1. The van der Waals surface area contributed by atoms with Crippen molar-refractivity contribution in [3.8, 4) is 11.1 Å². The fraction of sp³-hybridized carbons (Fsp3) is 0.0769. The van der Waals surface area contributed by atoms with Gasteiger partial charge in [-0.1, -0.05) is 0 Å². The van der Waals surface area contributed by atoms with E-state index in [0.717, 1.165) is 0 Å². The van der Waals surface area contributed by atoms with E-state index in [4.69, 9.17) is 0 Å². The molecule has 0 spiro atoms. The molecule has 2 rings (SSSR count). The van der Waals surface area contributed by atoms with Gasteiger partial charge in [-0.2, -0.15) is 0 Å². The largest absolute Gasteiger partial charge is 0.465 e. The number of aromatic nitrogens is 1. The lowest BCUT2D eigenvalue weighted by molar-refractivity contribution is -0.384. The highest BCUT2D eigenvalue weighted by Crippen LogP contribution is 2.30. The first-order valence-corrected chi connectivity index (χ1v) is 5.40. The zero-order valence-corrected chi connectivity index (χ0v) is 10.1. The maximum Gasteiger partial charge on any atom is 0.337 e. The molecule has 1 aromatic heterocycles. The van der Waals surface area contributed by atoms with Gasteiger partial charge in [0.25, 0.3) is 5.69 Å². The Bertz CT molecular complexity index is 626. The normalized spacial score (nSPS) is 9.95. The van der Waals surface area contributed by atoms with Crippen molar-refractivity contribution in [2.45, 2.75) is 0 Å². The van der Waals surface area contributed by atoms with Crippen LogP contribution in [0, 0.1) is 10.1 Å². The molecular weight excluding hydrogens is 248 g/mol. The van der Waals surface area contributed by atoms with Crippen molar-refractivity contribution < 1.29 is 14.5 Å². The number of hydrogen-bond acceptors (Lipinski definition) is 5. The number of methoxy groups -OCH3 is 1. The molecule has 1 heterocycles. The van der Waals surface area contributed by atoms with E-state index < -0.39 is 10.9 Å². The number of carbonyl (C=O) groups excluding carboxylic acids is 1. The Morgan fingerprint density at radius 2 is 1.95 bits per heavy atom. The number of hydrogen-bond donors (Lipinski definition) is 0. The summed E-state index contributed by atoms with van der Waals surface area (Å²) in [5.41, 5.74) is 1.17. The van der Waals surface area contributed by atoms with Crippen LogP contribution in [0.2, 0.25) is 0 Å². The lowest BCUT2D eigenvalue weighted by atomic mass is 10.0. The number of carbonyl (C=O) groups is 1. The van der Waals surface area contributed by atoms with Crippen molar-refractivity contribution in [2.24, 2.45) is 0 Å². The van der Waals surface area contributed by atoms with Gasteiger partial charge in [0.05, 0.1) is 23.2 Å². The number of esters is 1. The first-order valence-electron chi connectivity index (χ1n) is 5.40. The highest BCUT2D eigenvalue weighted by atomic mass is 16.6. The van der Waals surface area contributed by atoms with Gasteiger partial charge in [-0.25, -0.2) is 4.79 Å². The summed E-state index contributed by atoms with van der Waals surface area (Å²) in [6.45, 7) is 0. The third-order valence-electron chi connectivity index (χ3n) is 2.61. The van der Waals surface area contributed by atoms with Crippen LogP contribution in [0.1, 0.15) is 10.4 Å². The van der Waals surface area contributed by atoms with Crippen LogP contribution >= 0.6 is 0 Å². The van der Waals surface area contributed by atoms with Crippen LogP contribution in [0.3, 0.4) is 0 Å². The summed E-state index contributed by atoms with van der Waals surface area (Å²) in [4.78, 5) is 25.9. The van der Waals surface area contributed by atoms with Gasteiger partial charge >= 0.3 is 5.97 Å². The molecule has 0 atom stereocenters. The molecule has 0 aliphatic carbocycles. The van der Waals surface area contributed by atoms with Crippen LogP contribution in [0.4, 0.5) is 5.69 Å². The topological polar surface area (TPSA) is 82.3 Å². The van der Waals surface area contributed by atoms with Crippen LogP contribution in [-0.2, 0) is 4.74 Å². The SMILES string of the molecule is COC(=O)c1ccc([N+](=O)[O-])c(-c2ccncc2)c1. The molecule has 1 aromatic carbocycles. The Kier molecular flexibility index (Phi) is 3.51. The number of nitrogens with zero attached hydrogens (tertiary/aromatic N) is 2. The minimum Gasteiger partial charge on any atom is -0.465 e. The van der Waals surface area contributed by atoms with Gasteiger partial charge in [0, 0.05) is 18.5 Å². The lowest BCUT2D eigenvalue weighted by Crippen LogP contribution is -2.02. The summed E-state index contributed by atoms with van der Waals surface area (Å²) in [6.07, 6.45) is 3.06. The summed E-state index contributed by atoms with van der Waals surface area (Å²) in [6, 6.07) is 7.39. The molecule has 0 amide bonds. The second kappa shape index (κ2) is 5.26. The van der Waals surface area contributed by atoms with Crippen molar-refractivity contribution in [1.29, 1.82) is 0 Å². The van der Waals surface area contributed by atoms with E-state index in [1.165, 1.54) is 37.7 Å².